The summed E-state index contributed by atoms with van der Waals surface area (Å²) in [5.74, 6) is 1.54. The molecular weight excluding hydrogens is 458 g/mol. The smallest absolute Gasteiger partial charge is 0.234 e. The lowest BCUT2D eigenvalue weighted by Crippen LogP contribution is -2.14. The number of pyridine rings is 1. The third-order valence-electron chi connectivity index (χ3n) is 5.37. The summed E-state index contributed by atoms with van der Waals surface area (Å²) >= 11 is 1.34. The molecular formula is C27H23N5O2S. The van der Waals surface area contributed by atoms with Crippen molar-refractivity contribution in [1.29, 1.82) is 0 Å². The van der Waals surface area contributed by atoms with Crippen LogP contribution in [0, 0.1) is 0 Å². The van der Waals surface area contributed by atoms with E-state index >= 15 is 0 Å². The van der Waals surface area contributed by atoms with Crippen LogP contribution in [0.2, 0.25) is 0 Å². The fourth-order valence-corrected chi connectivity index (χ4v) is 4.54. The number of fused-ring (bicyclic) bond motifs is 1. The largest absolute Gasteiger partial charge is 0.494 e. The highest BCUT2D eigenvalue weighted by Gasteiger charge is 2.18. The predicted octanol–water partition coefficient (Wildman–Crippen LogP) is 5.61. The van der Waals surface area contributed by atoms with E-state index in [0.717, 1.165) is 33.5 Å². The number of nitrogens with zero attached hydrogens (tertiary/aromatic N) is 4. The van der Waals surface area contributed by atoms with Gasteiger partial charge in [-0.05, 0) is 54.8 Å². The molecule has 5 aromatic rings. The second kappa shape index (κ2) is 10.4. The van der Waals surface area contributed by atoms with Crippen LogP contribution in [0.15, 0.2) is 96.4 Å². The number of ether oxygens (including phenoxy) is 1. The summed E-state index contributed by atoms with van der Waals surface area (Å²) in [6, 6.07) is 25.4. The van der Waals surface area contributed by atoms with Crippen molar-refractivity contribution in [2.45, 2.75) is 12.1 Å². The van der Waals surface area contributed by atoms with Crippen LogP contribution < -0.4 is 10.1 Å². The van der Waals surface area contributed by atoms with Crippen molar-refractivity contribution in [3.63, 3.8) is 0 Å². The molecule has 0 atom stereocenters. The Morgan fingerprint density at radius 2 is 1.71 bits per heavy atom. The normalized spacial score (nSPS) is 10.9. The molecule has 1 amide bonds. The zero-order valence-corrected chi connectivity index (χ0v) is 19.9. The molecule has 2 heterocycles. The maximum Gasteiger partial charge on any atom is 0.234 e. The molecule has 1 N–H and O–H groups in total. The lowest BCUT2D eigenvalue weighted by Gasteiger charge is -2.12. The molecule has 174 valence electrons. The summed E-state index contributed by atoms with van der Waals surface area (Å²) in [7, 11) is 0. The van der Waals surface area contributed by atoms with Gasteiger partial charge >= 0.3 is 0 Å². The lowest BCUT2D eigenvalue weighted by atomic mass is 10.1. The molecule has 0 fully saturated rings. The van der Waals surface area contributed by atoms with Crippen molar-refractivity contribution < 1.29 is 9.53 Å². The molecule has 5 rings (SSSR count). The van der Waals surface area contributed by atoms with Crippen molar-refractivity contribution in [3.05, 3.63) is 91.3 Å². The van der Waals surface area contributed by atoms with Crippen LogP contribution in [0.25, 0.3) is 27.8 Å². The predicted molar refractivity (Wildman–Crippen MR) is 139 cm³/mol. The van der Waals surface area contributed by atoms with Crippen LogP contribution >= 0.6 is 11.8 Å². The molecule has 0 radical (unpaired) electrons. The Morgan fingerprint density at radius 1 is 0.943 bits per heavy atom. The molecule has 35 heavy (non-hydrogen) atoms. The minimum absolute atomic E-state index is 0.113. The molecule has 0 spiro atoms. The average molecular weight is 482 g/mol. The molecule has 8 heteroatoms. The average Bonchev–Trinajstić information content (AvgIpc) is 3.33. The summed E-state index contributed by atoms with van der Waals surface area (Å²) in [5, 5.41) is 14.6. The molecule has 0 aliphatic carbocycles. The van der Waals surface area contributed by atoms with Gasteiger partial charge < -0.3 is 10.1 Å². The highest BCUT2D eigenvalue weighted by atomic mass is 32.2. The molecule has 0 aliphatic rings. The van der Waals surface area contributed by atoms with E-state index in [2.05, 4.69) is 20.5 Å². The Labute approximate surface area is 207 Å². The topological polar surface area (TPSA) is 81.9 Å². The van der Waals surface area contributed by atoms with E-state index in [1.807, 2.05) is 90.4 Å². The molecule has 0 saturated heterocycles. The summed E-state index contributed by atoms with van der Waals surface area (Å²) in [4.78, 5) is 17.0. The number of anilines is 1. The summed E-state index contributed by atoms with van der Waals surface area (Å²) in [6.07, 6.45) is 3.44. The van der Waals surface area contributed by atoms with E-state index in [4.69, 9.17) is 4.74 Å². The number of carbonyl (C=O) groups excluding carboxylic acids is 1. The molecule has 2 aromatic heterocycles. The fraction of sp³-hybridized carbons (Fsp3) is 0.111. The van der Waals surface area contributed by atoms with Gasteiger partial charge in [0.1, 0.15) is 5.75 Å². The van der Waals surface area contributed by atoms with E-state index in [1.54, 1.807) is 12.4 Å². The van der Waals surface area contributed by atoms with Crippen molar-refractivity contribution in [3.8, 4) is 22.8 Å². The highest BCUT2D eigenvalue weighted by molar-refractivity contribution is 7.99. The van der Waals surface area contributed by atoms with Crippen molar-refractivity contribution in [1.82, 2.24) is 19.7 Å². The van der Waals surface area contributed by atoms with Crippen LogP contribution in [0.5, 0.6) is 5.75 Å². The van der Waals surface area contributed by atoms with Crippen LogP contribution in [-0.2, 0) is 4.79 Å². The standard InChI is InChI=1S/C27H23N5O2S/c1-2-34-22-12-10-21(11-13-22)32-26(20-14-16-28-17-15-20)30-31-27(32)35-18-25(33)29-24-9-5-7-19-6-3-4-8-23(19)24/h3-17H,2,18H2,1H3,(H,29,33). The Kier molecular flexibility index (Phi) is 6.72. The summed E-state index contributed by atoms with van der Waals surface area (Å²) < 4.78 is 7.53. The van der Waals surface area contributed by atoms with Crippen LogP contribution in [-0.4, -0.2) is 38.0 Å². The van der Waals surface area contributed by atoms with Gasteiger partial charge in [-0.15, -0.1) is 10.2 Å². The first-order chi connectivity index (χ1) is 17.2. The number of aromatic nitrogens is 4. The Balaban J connectivity index is 1.40. The van der Waals surface area contributed by atoms with Crippen LogP contribution in [0.1, 0.15) is 6.92 Å². The quantitative estimate of drug-likeness (QED) is 0.290. The van der Waals surface area contributed by atoms with E-state index in [9.17, 15) is 4.79 Å². The van der Waals surface area contributed by atoms with E-state index in [-0.39, 0.29) is 11.7 Å². The van der Waals surface area contributed by atoms with Crippen molar-refractivity contribution in [2.75, 3.05) is 17.7 Å². The first-order valence-corrected chi connectivity index (χ1v) is 12.2. The molecule has 0 saturated carbocycles. The van der Waals surface area contributed by atoms with E-state index in [0.29, 0.717) is 17.6 Å². The van der Waals surface area contributed by atoms with Gasteiger partial charge in [0.15, 0.2) is 11.0 Å². The minimum atomic E-state index is -0.113. The first kappa shape index (κ1) is 22.6. The highest BCUT2D eigenvalue weighted by Crippen LogP contribution is 2.29. The van der Waals surface area contributed by atoms with Crippen molar-refractivity contribution >= 4 is 34.1 Å². The van der Waals surface area contributed by atoms with Crippen LogP contribution in [0.3, 0.4) is 0 Å². The van der Waals surface area contributed by atoms with E-state index in [1.165, 1.54) is 11.8 Å². The maximum atomic E-state index is 12.9. The second-order valence-electron chi connectivity index (χ2n) is 7.67. The molecule has 0 bridgehead atoms. The Hall–Kier alpha value is -4.17. The fourth-order valence-electron chi connectivity index (χ4n) is 3.79. The molecule has 3 aromatic carbocycles. The zero-order valence-electron chi connectivity index (χ0n) is 19.1. The SMILES string of the molecule is CCOc1ccc(-n2c(SCC(=O)Nc3cccc4ccccc34)nnc2-c2ccncc2)cc1. The molecule has 7 nitrogen and oxygen atoms in total. The molecule has 0 unspecified atom stereocenters. The molecule has 0 aliphatic heterocycles. The van der Waals surface area contributed by atoms with Gasteiger partial charge in [-0.2, -0.15) is 0 Å². The number of hydrogen-bond donors (Lipinski definition) is 1. The zero-order chi connectivity index (χ0) is 24.0. The minimum Gasteiger partial charge on any atom is -0.494 e. The van der Waals surface area contributed by atoms with Gasteiger partial charge in [-0.3, -0.25) is 14.3 Å². The second-order valence-corrected chi connectivity index (χ2v) is 8.61. The third-order valence-corrected chi connectivity index (χ3v) is 6.30. The van der Waals surface area contributed by atoms with Gasteiger partial charge in [0.2, 0.25) is 5.91 Å². The number of hydrogen-bond acceptors (Lipinski definition) is 6. The number of nitrogens with one attached hydrogen (secondary N) is 1. The number of carbonyl (C=O) groups is 1. The van der Waals surface area contributed by atoms with Gasteiger partial charge in [0, 0.05) is 34.7 Å². The lowest BCUT2D eigenvalue weighted by molar-refractivity contribution is -0.113. The number of benzene rings is 3. The van der Waals surface area contributed by atoms with Gasteiger partial charge in [-0.25, -0.2) is 0 Å². The van der Waals surface area contributed by atoms with E-state index < -0.39 is 0 Å². The summed E-state index contributed by atoms with van der Waals surface area (Å²) in [6.45, 7) is 2.55. The van der Waals surface area contributed by atoms with Crippen LogP contribution in [0.4, 0.5) is 5.69 Å². The van der Waals surface area contributed by atoms with Gasteiger partial charge in [0.05, 0.1) is 12.4 Å². The Morgan fingerprint density at radius 3 is 2.51 bits per heavy atom. The number of rotatable bonds is 8. The summed E-state index contributed by atoms with van der Waals surface area (Å²) in [5.41, 5.74) is 2.55. The Bertz CT molecular complexity index is 1450. The van der Waals surface area contributed by atoms with Crippen molar-refractivity contribution in [2.24, 2.45) is 0 Å². The number of thioether (sulfide) groups is 1. The third kappa shape index (κ3) is 5.02. The number of amides is 1. The van der Waals surface area contributed by atoms with Gasteiger partial charge in [0.25, 0.3) is 0 Å². The van der Waals surface area contributed by atoms with Gasteiger partial charge in [-0.1, -0.05) is 48.2 Å². The first-order valence-electron chi connectivity index (χ1n) is 11.2. The maximum absolute atomic E-state index is 12.9. The monoisotopic (exact) mass is 481 g/mol.